The zero-order chi connectivity index (χ0) is 17.3. The summed E-state index contributed by atoms with van der Waals surface area (Å²) in [6.07, 6.45) is 1.30. The summed E-state index contributed by atoms with van der Waals surface area (Å²) in [4.78, 5) is 16.2. The molecule has 0 saturated carbocycles. The van der Waals surface area contributed by atoms with Crippen LogP contribution in [0.3, 0.4) is 0 Å². The Morgan fingerprint density at radius 2 is 1.79 bits per heavy atom. The molecule has 1 aromatic rings. The van der Waals surface area contributed by atoms with Crippen molar-refractivity contribution < 1.29 is 18.1 Å². The highest BCUT2D eigenvalue weighted by Gasteiger charge is 2.41. The van der Waals surface area contributed by atoms with Crippen LogP contribution in [0.2, 0.25) is 5.02 Å². The summed E-state index contributed by atoms with van der Waals surface area (Å²) in [6.45, 7) is 3.58. The van der Waals surface area contributed by atoms with Gasteiger partial charge in [0.25, 0.3) is 0 Å². The summed E-state index contributed by atoms with van der Waals surface area (Å²) in [6, 6.07) is 5.53. The minimum absolute atomic E-state index is 0.0578. The topological polar surface area (TPSA) is 62.1 Å². The van der Waals surface area contributed by atoms with Crippen LogP contribution in [0.15, 0.2) is 29.2 Å². The van der Waals surface area contributed by atoms with Gasteiger partial charge < -0.3 is 9.80 Å². The van der Waals surface area contributed by atoms with E-state index in [1.165, 1.54) is 21.3 Å². The highest BCUT2D eigenvalue weighted by molar-refractivity contribution is 7.89. The van der Waals surface area contributed by atoms with Gasteiger partial charge in [-0.15, -0.1) is 0 Å². The van der Waals surface area contributed by atoms with Crippen LogP contribution in [0.25, 0.3) is 0 Å². The molecule has 2 heterocycles. The van der Waals surface area contributed by atoms with Crippen molar-refractivity contribution in [2.45, 2.75) is 23.8 Å². The third-order valence-electron chi connectivity index (χ3n) is 4.84. The molecule has 0 aromatic heterocycles. The van der Waals surface area contributed by atoms with E-state index in [-0.39, 0.29) is 10.8 Å². The molecule has 3 rings (SSSR count). The monoisotopic (exact) mass is 372 g/mol. The van der Waals surface area contributed by atoms with Gasteiger partial charge in [0.2, 0.25) is 15.9 Å². The lowest BCUT2D eigenvalue weighted by molar-refractivity contribution is -0.883. The molecule has 132 valence electrons. The lowest BCUT2D eigenvalue weighted by Crippen LogP contribution is -3.12. The van der Waals surface area contributed by atoms with E-state index in [1.807, 2.05) is 4.90 Å². The molecule has 0 unspecified atom stereocenters. The number of benzene rings is 1. The SMILES string of the molecule is C[NH+]1CCN(C(=O)[C@@H]2CCCN2S(=O)(=O)c2ccc(Cl)cc2)CC1. The number of carbonyl (C=O) groups excluding carboxylic acids is 1. The van der Waals surface area contributed by atoms with Crippen molar-refractivity contribution in [2.24, 2.45) is 0 Å². The second-order valence-corrected chi connectivity index (χ2v) is 8.84. The fourth-order valence-electron chi connectivity index (χ4n) is 3.34. The Labute approximate surface area is 148 Å². The van der Waals surface area contributed by atoms with Gasteiger partial charge in [0.05, 0.1) is 38.1 Å². The molecule has 2 aliphatic heterocycles. The first kappa shape index (κ1) is 17.7. The highest BCUT2D eigenvalue weighted by Crippen LogP contribution is 2.28. The molecular weight excluding hydrogens is 350 g/mol. The minimum atomic E-state index is -3.68. The van der Waals surface area contributed by atoms with Gasteiger partial charge in [-0.3, -0.25) is 4.79 Å². The molecule has 6 nitrogen and oxygen atoms in total. The molecule has 24 heavy (non-hydrogen) atoms. The largest absolute Gasteiger partial charge is 0.334 e. The van der Waals surface area contributed by atoms with Crippen molar-refractivity contribution in [3.05, 3.63) is 29.3 Å². The standard InChI is InChI=1S/C16H22ClN3O3S/c1-18-9-11-19(12-10-18)16(21)15-3-2-8-20(15)24(22,23)14-6-4-13(17)5-7-14/h4-7,15H,2-3,8-12H2,1H3/p+1/t15-/m0/s1. The normalized spacial score (nSPS) is 23.6. The molecule has 0 bridgehead atoms. The van der Waals surface area contributed by atoms with Crippen LogP contribution in [-0.2, 0) is 14.8 Å². The summed E-state index contributed by atoms with van der Waals surface area (Å²) in [5.74, 6) is -0.0578. The van der Waals surface area contributed by atoms with Gasteiger partial charge in [0, 0.05) is 11.6 Å². The maximum absolute atomic E-state index is 12.9. The van der Waals surface area contributed by atoms with E-state index in [0.717, 1.165) is 13.1 Å². The van der Waals surface area contributed by atoms with Gasteiger partial charge >= 0.3 is 0 Å². The third kappa shape index (κ3) is 3.44. The molecule has 0 aliphatic carbocycles. The van der Waals surface area contributed by atoms with Crippen LogP contribution in [0.4, 0.5) is 0 Å². The van der Waals surface area contributed by atoms with Gasteiger partial charge in [0.1, 0.15) is 6.04 Å². The maximum Gasteiger partial charge on any atom is 0.243 e. The number of halogens is 1. The van der Waals surface area contributed by atoms with E-state index in [0.29, 0.717) is 37.5 Å². The Balaban J connectivity index is 1.79. The molecule has 8 heteroatoms. The Morgan fingerprint density at radius 1 is 1.17 bits per heavy atom. The second kappa shape index (κ2) is 7.00. The molecule has 1 N–H and O–H groups in total. The maximum atomic E-state index is 12.9. The van der Waals surface area contributed by atoms with E-state index in [9.17, 15) is 13.2 Å². The second-order valence-electron chi connectivity index (χ2n) is 6.51. The van der Waals surface area contributed by atoms with Crippen LogP contribution >= 0.6 is 11.6 Å². The average molecular weight is 373 g/mol. The van der Waals surface area contributed by atoms with Crippen molar-refractivity contribution in [3.63, 3.8) is 0 Å². The molecule has 2 saturated heterocycles. The first-order valence-corrected chi connectivity index (χ1v) is 10.1. The quantitative estimate of drug-likeness (QED) is 0.802. The van der Waals surface area contributed by atoms with E-state index in [4.69, 9.17) is 11.6 Å². The van der Waals surface area contributed by atoms with Crippen molar-refractivity contribution in [1.29, 1.82) is 0 Å². The summed E-state index contributed by atoms with van der Waals surface area (Å²) < 4.78 is 27.2. The van der Waals surface area contributed by atoms with E-state index < -0.39 is 16.1 Å². The number of sulfonamides is 1. The molecule has 1 amide bonds. The average Bonchev–Trinajstić information content (AvgIpc) is 3.06. The fraction of sp³-hybridized carbons (Fsp3) is 0.562. The number of rotatable bonds is 3. The number of carbonyl (C=O) groups is 1. The minimum Gasteiger partial charge on any atom is -0.334 e. The Morgan fingerprint density at radius 3 is 2.42 bits per heavy atom. The zero-order valence-corrected chi connectivity index (χ0v) is 15.3. The van der Waals surface area contributed by atoms with Gasteiger partial charge in [-0.2, -0.15) is 4.31 Å². The number of quaternary nitrogens is 1. The predicted octanol–water partition coefficient (Wildman–Crippen LogP) is -0.150. The molecule has 0 spiro atoms. The van der Waals surface area contributed by atoms with Crippen LogP contribution in [0.5, 0.6) is 0 Å². The zero-order valence-electron chi connectivity index (χ0n) is 13.7. The summed E-state index contributed by atoms with van der Waals surface area (Å²) in [7, 11) is -1.57. The first-order valence-electron chi connectivity index (χ1n) is 8.27. The lowest BCUT2D eigenvalue weighted by atomic mass is 10.2. The van der Waals surface area contributed by atoms with Crippen LogP contribution in [0.1, 0.15) is 12.8 Å². The first-order chi connectivity index (χ1) is 11.4. The molecular formula is C16H23ClN3O3S+. The van der Waals surface area contributed by atoms with Crippen molar-refractivity contribution in [1.82, 2.24) is 9.21 Å². The molecule has 1 aromatic carbocycles. The number of amides is 1. The van der Waals surface area contributed by atoms with Crippen LogP contribution < -0.4 is 4.90 Å². The molecule has 2 aliphatic rings. The lowest BCUT2D eigenvalue weighted by Gasteiger charge is -2.33. The third-order valence-corrected chi connectivity index (χ3v) is 7.01. The summed E-state index contributed by atoms with van der Waals surface area (Å²) >= 11 is 5.84. The number of piperazine rings is 1. The van der Waals surface area contributed by atoms with Crippen molar-refractivity contribution in [2.75, 3.05) is 39.8 Å². The fourth-order valence-corrected chi connectivity index (χ4v) is 5.11. The van der Waals surface area contributed by atoms with Gasteiger partial charge in [-0.1, -0.05) is 11.6 Å². The Kier molecular flexibility index (Phi) is 5.15. The van der Waals surface area contributed by atoms with Gasteiger partial charge in [-0.05, 0) is 37.1 Å². The Hall–Kier alpha value is -1.15. The van der Waals surface area contributed by atoms with Crippen molar-refractivity contribution in [3.8, 4) is 0 Å². The number of nitrogens with one attached hydrogen (secondary N) is 1. The van der Waals surface area contributed by atoms with Gasteiger partial charge in [0.15, 0.2) is 0 Å². The smallest absolute Gasteiger partial charge is 0.243 e. The Bertz CT molecular complexity index is 700. The van der Waals surface area contributed by atoms with E-state index in [1.54, 1.807) is 12.1 Å². The summed E-state index contributed by atoms with van der Waals surface area (Å²) in [5.41, 5.74) is 0. The number of nitrogens with zero attached hydrogens (tertiary/aromatic N) is 2. The van der Waals surface area contributed by atoms with Crippen LogP contribution in [-0.4, -0.2) is 69.3 Å². The van der Waals surface area contributed by atoms with E-state index >= 15 is 0 Å². The predicted molar refractivity (Wildman–Crippen MR) is 91.6 cm³/mol. The molecule has 1 atom stereocenters. The number of likely N-dealkylation sites (N-methyl/N-ethyl adjacent to an activating group) is 1. The summed E-state index contributed by atoms with van der Waals surface area (Å²) in [5, 5.41) is 0.489. The molecule has 0 radical (unpaired) electrons. The van der Waals surface area contributed by atoms with Crippen molar-refractivity contribution >= 4 is 27.5 Å². The number of hydrogen-bond acceptors (Lipinski definition) is 3. The molecule has 2 fully saturated rings. The highest BCUT2D eigenvalue weighted by atomic mass is 35.5. The number of hydrogen-bond donors (Lipinski definition) is 1. The van der Waals surface area contributed by atoms with E-state index in [2.05, 4.69) is 7.05 Å². The van der Waals surface area contributed by atoms with Crippen LogP contribution in [0, 0.1) is 0 Å². The van der Waals surface area contributed by atoms with Gasteiger partial charge in [-0.25, -0.2) is 8.42 Å².